The van der Waals surface area contributed by atoms with E-state index in [9.17, 15) is 23.4 Å². The Hall–Kier alpha value is -0.780. The molecule has 2 atom stereocenters. The number of rotatable bonds is 11. The summed E-state index contributed by atoms with van der Waals surface area (Å²) in [6.07, 6.45) is -0.850. The van der Waals surface area contributed by atoms with Gasteiger partial charge in [-0.1, -0.05) is 0 Å². The lowest BCUT2D eigenvalue weighted by Gasteiger charge is -2.49. The van der Waals surface area contributed by atoms with Crippen LogP contribution in [0.2, 0.25) is 0 Å². The minimum atomic E-state index is -4.20. The molecule has 0 aliphatic rings. The molecular formula is C12H27N2O7S+. The maximum Gasteiger partial charge on any atom is 0.365 e. The summed E-state index contributed by atoms with van der Waals surface area (Å²) in [5, 5.41) is 28.0. The molecule has 0 spiro atoms. The fourth-order valence-corrected chi connectivity index (χ4v) is 3.18. The third-order valence-corrected chi connectivity index (χ3v) is 5.08. The Morgan fingerprint density at radius 2 is 1.77 bits per heavy atom. The Morgan fingerprint density at radius 1 is 1.23 bits per heavy atom. The molecule has 0 bridgehead atoms. The monoisotopic (exact) mass is 343 g/mol. The molecule has 0 aromatic rings. The summed E-state index contributed by atoms with van der Waals surface area (Å²) < 4.78 is 30.2. The SMILES string of the molecule is C[N+](C)(C(N)CCO)C(CCO)(CCCS(=O)(=O)O)C(=O)O. The highest BCUT2D eigenvalue weighted by Gasteiger charge is 2.54. The van der Waals surface area contributed by atoms with Gasteiger partial charge in [0.1, 0.15) is 6.17 Å². The Bertz CT molecular complexity index is 466. The van der Waals surface area contributed by atoms with Crippen molar-refractivity contribution in [3.8, 4) is 0 Å². The zero-order valence-electron chi connectivity index (χ0n) is 13.0. The van der Waals surface area contributed by atoms with Crippen LogP contribution in [0.25, 0.3) is 0 Å². The largest absolute Gasteiger partial charge is 0.477 e. The Kier molecular flexibility index (Phi) is 7.89. The quantitative estimate of drug-likeness (QED) is 0.174. The van der Waals surface area contributed by atoms with Crippen LogP contribution in [0.4, 0.5) is 0 Å². The number of aliphatic hydroxyl groups is 2. The van der Waals surface area contributed by atoms with Gasteiger partial charge in [0.2, 0.25) is 0 Å². The van der Waals surface area contributed by atoms with Crippen molar-refractivity contribution in [3.63, 3.8) is 0 Å². The number of nitrogens with zero attached hydrogens (tertiary/aromatic N) is 1. The summed E-state index contributed by atoms with van der Waals surface area (Å²) >= 11 is 0. The molecule has 0 aromatic heterocycles. The van der Waals surface area contributed by atoms with Crippen LogP contribution in [0.5, 0.6) is 0 Å². The van der Waals surface area contributed by atoms with E-state index < -0.39 is 40.2 Å². The van der Waals surface area contributed by atoms with E-state index in [-0.39, 0.29) is 36.8 Å². The predicted molar refractivity (Wildman–Crippen MR) is 79.5 cm³/mol. The highest BCUT2D eigenvalue weighted by Crippen LogP contribution is 2.33. The number of aliphatic hydroxyl groups excluding tert-OH is 2. The van der Waals surface area contributed by atoms with Crippen molar-refractivity contribution < 1.29 is 37.6 Å². The molecule has 0 fully saturated rings. The van der Waals surface area contributed by atoms with E-state index in [1.807, 2.05) is 0 Å². The molecule has 2 unspecified atom stereocenters. The third kappa shape index (κ3) is 5.14. The predicted octanol–water partition coefficient (Wildman–Crippen LogP) is -1.40. The summed E-state index contributed by atoms with van der Waals surface area (Å²) in [5.41, 5.74) is 4.45. The Balaban J connectivity index is 5.52. The van der Waals surface area contributed by atoms with E-state index in [1.54, 1.807) is 14.1 Å². The summed E-state index contributed by atoms with van der Waals surface area (Å²) in [4.78, 5) is 11.9. The van der Waals surface area contributed by atoms with Gasteiger partial charge in [-0.2, -0.15) is 8.42 Å². The van der Waals surface area contributed by atoms with Crippen molar-refractivity contribution in [1.82, 2.24) is 0 Å². The third-order valence-electron chi connectivity index (χ3n) is 4.27. The van der Waals surface area contributed by atoms with Gasteiger partial charge in [0.15, 0.2) is 5.54 Å². The molecule has 0 radical (unpaired) electrons. The van der Waals surface area contributed by atoms with Crippen molar-refractivity contribution in [2.24, 2.45) is 5.73 Å². The second-order valence-electron chi connectivity index (χ2n) is 5.82. The first kappa shape index (κ1) is 21.2. The second-order valence-corrected chi connectivity index (χ2v) is 7.39. The van der Waals surface area contributed by atoms with E-state index >= 15 is 0 Å². The van der Waals surface area contributed by atoms with Crippen molar-refractivity contribution in [1.29, 1.82) is 0 Å². The molecule has 0 aromatic carbocycles. The topological polar surface area (TPSA) is 158 Å². The fraction of sp³-hybridized carbons (Fsp3) is 0.917. The van der Waals surface area contributed by atoms with Crippen molar-refractivity contribution in [3.05, 3.63) is 0 Å². The van der Waals surface area contributed by atoms with Gasteiger partial charge in [0.05, 0.1) is 26.5 Å². The van der Waals surface area contributed by atoms with Crippen LogP contribution in [-0.4, -0.2) is 83.5 Å². The average molecular weight is 343 g/mol. The molecule has 0 rings (SSSR count). The first-order chi connectivity index (χ1) is 9.94. The summed E-state index contributed by atoms with van der Waals surface area (Å²) in [6, 6.07) is 0. The summed E-state index contributed by atoms with van der Waals surface area (Å²) in [6.45, 7) is -0.631. The van der Waals surface area contributed by atoms with Gasteiger partial charge in [0, 0.05) is 25.9 Å². The number of carbonyl (C=O) groups is 1. The van der Waals surface area contributed by atoms with Crippen molar-refractivity contribution in [2.75, 3.05) is 33.1 Å². The molecular weight excluding hydrogens is 316 g/mol. The summed E-state index contributed by atoms with van der Waals surface area (Å²) in [5.74, 6) is -1.78. The first-order valence-electron chi connectivity index (χ1n) is 6.94. The van der Waals surface area contributed by atoms with Crippen LogP contribution < -0.4 is 5.73 Å². The highest BCUT2D eigenvalue weighted by atomic mass is 32.2. The van der Waals surface area contributed by atoms with Gasteiger partial charge in [-0.15, -0.1) is 0 Å². The molecule has 6 N–H and O–H groups in total. The highest BCUT2D eigenvalue weighted by molar-refractivity contribution is 7.85. The Morgan fingerprint density at radius 3 is 2.14 bits per heavy atom. The normalized spacial score (nSPS) is 17.0. The van der Waals surface area contributed by atoms with Crippen LogP contribution in [0.3, 0.4) is 0 Å². The number of nitrogens with two attached hydrogens (primary N) is 1. The maximum atomic E-state index is 11.9. The molecule has 0 saturated carbocycles. The van der Waals surface area contributed by atoms with E-state index in [0.717, 1.165) is 0 Å². The van der Waals surface area contributed by atoms with Crippen LogP contribution in [0, 0.1) is 0 Å². The van der Waals surface area contributed by atoms with Crippen molar-refractivity contribution in [2.45, 2.75) is 37.4 Å². The van der Waals surface area contributed by atoms with Gasteiger partial charge in [-0.05, 0) is 6.42 Å². The number of carboxylic acid groups (broad SMARTS) is 1. The number of quaternary nitrogens is 1. The lowest BCUT2D eigenvalue weighted by molar-refractivity contribution is -0.956. The van der Waals surface area contributed by atoms with E-state index in [1.165, 1.54) is 0 Å². The van der Waals surface area contributed by atoms with Crippen LogP contribution in [0.1, 0.15) is 25.7 Å². The number of hydrogen-bond acceptors (Lipinski definition) is 6. The van der Waals surface area contributed by atoms with Gasteiger partial charge < -0.3 is 15.3 Å². The zero-order valence-corrected chi connectivity index (χ0v) is 13.8. The van der Waals surface area contributed by atoms with Gasteiger partial charge >= 0.3 is 5.97 Å². The smallest absolute Gasteiger partial charge is 0.365 e. The lowest BCUT2D eigenvalue weighted by Crippen LogP contribution is -2.70. The van der Waals surface area contributed by atoms with E-state index in [0.29, 0.717) is 0 Å². The van der Waals surface area contributed by atoms with Gasteiger partial charge in [0.25, 0.3) is 10.1 Å². The van der Waals surface area contributed by atoms with E-state index in [4.69, 9.17) is 15.4 Å². The number of likely N-dealkylation sites (N-methyl/N-ethyl adjacent to an activating group) is 1. The molecule has 22 heavy (non-hydrogen) atoms. The molecule has 132 valence electrons. The first-order valence-corrected chi connectivity index (χ1v) is 8.55. The average Bonchev–Trinajstić information content (AvgIpc) is 2.35. The van der Waals surface area contributed by atoms with Crippen LogP contribution in [0.15, 0.2) is 0 Å². The molecule has 9 nitrogen and oxygen atoms in total. The minimum absolute atomic E-state index is 0.0847. The lowest BCUT2D eigenvalue weighted by atomic mass is 9.85. The molecule has 0 aliphatic carbocycles. The zero-order chi connectivity index (χ0) is 17.6. The van der Waals surface area contributed by atoms with Crippen LogP contribution >= 0.6 is 0 Å². The molecule has 0 aliphatic heterocycles. The maximum absolute atomic E-state index is 11.9. The number of hydrogen-bond donors (Lipinski definition) is 5. The molecule has 10 heteroatoms. The number of aliphatic carboxylic acids is 1. The van der Waals surface area contributed by atoms with E-state index in [2.05, 4.69) is 0 Å². The molecule has 0 heterocycles. The minimum Gasteiger partial charge on any atom is -0.477 e. The standard InChI is InChI=1S/C12H26N2O7S/c1-14(2,10(13)4-7-15)12(6-8-16,11(17)18)5-3-9-22(19,20)21/h10,15-16H,3-9,13H2,1-2H3,(H-,17,18,19,20,21)/p+1. The van der Waals surface area contributed by atoms with Crippen LogP contribution in [-0.2, 0) is 14.9 Å². The van der Waals surface area contributed by atoms with Gasteiger partial charge in [-0.25, -0.2) is 4.79 Å². The molecule has 0 amide bonds. The number of carboxylic acids is 1. The van der Waals surface area contributed by atoms with Crippen molar-refractivity contribution >= 4 is 16.1 Å². The van der Waals surface area contributed by atoms with Gasteiger partial charge in [-0.3, -0.25) is 14.8 Å². The fourth-order valence-electron chi connectivity index (χ4n) is 2.67. The second kappa shape index (κ2) is 8.18. The summed E-state index contributed by atoms with van der Waals surface area (Å²) in [7, 11) is -1.06. The Labute approximate surface area is 130 Å². The molecule has 0 saturated heterocycles.